The van der Waals surface area contributed by atoms with Gasteiger partial charge in [0.05, 0.1) is 12.1 Å². The number of benzene rings is 1. The molecule has 5 N–H and O–H groups in total. The second kappa shape index (κ2) is 5.17. The minimum absolute atomic E-state index is 0.125. The molecule has 92 valence electrons. The molecule has 7 nitrogen and oxygen atoms in total. The number of amides is 1. The molecule has 0 aromatic heterocycles. The van der Waals surface area contributed by atoms with Gasteiger partial charge in [-0.3, -0.25) is 4.79 Å². The van der Waals surface area contributed by atoms with E-state index >= 15 is 0 Å². The van der Waals surface area contributed by atoms with Crippen LogP contribution in [0.3, 0.4) is 0 Å². The fourth-order valence-corrected chi connectivity index (χ4v) is 1.08. The molecule has 0 radical (unpaired) electrons. The molecular formula is C10H11NO6. The molecule has 0 aliphatic carbocycles. The third kappa shape index (κ3) is 3.35. The number of hydrogen-bond donors (Lipinski definition) is 5. The molecule has 0 heterocycles. The fourth-order valence-electron chi connectivity index (χ4n) is 1.08. The van der Waals surface area contributed by atoms with Gasteiger partial charge in [0, 0.05) is 6.07 Å². The maximum atomic E-state index is 11.4. The minimum Gasteiger partial charge on any atom is -0.508 e. The molecule has 1 amide bonds. The van der Waals surface area contributed by atoms with Gasteiger partial charge in [0.15, 0.2) is 6.10 Å². The number of carboxylic acid groups (broad SMARTS) is 1. The largest absolute Gasteiger partial charge is 0.508 e. The fraction of sp³-hybridized carbons (Fsp3) is 0.200. The van der Waals surface area contributed by atoms with Crippen molar-refractivity contribution >= 4 is 11.9 Å². The number of carbonyl (C=O) groups excluding carboxylic acids is 1. The van der Waals surface area contributed by atoms with E-state index in [9.17, 15) is 14.7 Å². The molecular weight excluding hydrogens is 230 g/mol. The predicted molar refractivity (Wildman–Crippen MR) is 55.7 cm³/mol. The topological polar surface area (TPSA) is 127 Å². The molecule has 0 saturated carbocycles. The second-order valence-corrected chi connectivity index (χ2v) is 3.27. The zero-order chi connectivity index (χ0) is 13.0. The zero-order valence-corrected chi connectivity index (χ0v) is 8.62. The minimum atomic E-state index is -1.71. The first-order valence-corrected chi connectivity index (χ1v) is 4.63. The number of aliphatic hydroxyl groups is 1. The van der Waals surface area contributed by atoms with Crippen molar-refractivity contribution in [1.82, 2.24) is 5.32 Å². The Bertz CT molecular complexity index is 444. The van der Waals surface area contributed by atoms with E-state index < -0.39 is 30.3 Å². The summed E-state index contributed by atoms with van der Waals surface area (Å²) in [6.45, 7) is -0.478. The molecule has 1 rings (SSSR count). The van der Waals surface area contributed by atoms with Crippen LogP contribution in [0.1, 0.15) is 10.4 Å². The summed E-state index contributed by atoms with van der Waals surface area (Å²) in [5, 5.41) is 37.8. The lowest BCUT2D eigenvalue weighted by molar-refractivity contribution is -0.146. The molecule has 17 heavy (non-hydrogen) atoms. The molecule has 0 aliphatic heterocycles. The van der Waals surface area contributed by atoms with Gasteiger partial charge in [-0.05, 0) is 12.1 Å². The number of hydrogen-bond acceptors (Lipinski definition) is 5. The number of phenols is 2. The highest BCUT2D eigenvalue weighted by Crippen LogP contribution is 2.22. The molecule has 0 aliphatic rings. The highest BCUT2D eigenvalue weighted by atomic mass is 16.4. The van der Waals surface area contributed by atoms with Gasteiger partial charge >= 0.3 is 5.97 Å². The van der Waals surface area contributed by atoms with Gasteiger partial charge in [-0.25, -0.2) is 4.79 Å². The number of nitrogens with one attached hydrogen (secondary N) is 1. The molecule has 1 aromatic carbocycles. The highest BCUT2D eigenvalue weighted by molar-refractivity contribution is 5.97. The summed E-state index contributed by atoms with van der Waals surface area (Å²) in [6, 6.07) is 3.35. The van der Waals surface area contributed by atoms with Gasteiger partial charge in [0.25, 0.3) is 5.91 Å². The molecule has 0 unspecified atom stereocenters. The van der Waals surface area contributed by atoms with Crippen LogP contribution in [-0.2, 0) is 4.79 Å². The third-order valence-corrected chi connectivity index (χ3v) is 1.97. The van der Waals surface area contributed by atoms with E-state index in [1.165, 1.54) is 12.1 Å². The number of aromatic hydroxyl groups is 2. The van der Waals surface area contributed by atoms with E-state index in [0.717, 1.165) is 6.07 Å². The SMILES string of the molecule is O=C(NC[C@H](O)C(=O)O)c1ccc(O)cc1O. The first kappa shape index (κ1) is 12.8. The Labute approximate surface area is 95.9 Å². The van der Waals surface area contributed by atoms with E-state index in [1.54, 1.807) is 0 Å². The van der Waals surface area contributed by atoms with Crippen molar-refractivity contribution in [2.75, 3.05) is 6.54 Å². The maximum Gasteiger partial charge on any atom is 0.334 e. The van der Waals surface area contributed by atoms with Crippen LogP contribution in [0.5, 0.6) is 11.5 Å². The first-order valence-electron chi connectivity index (χ1n) is 4.63. The number of phenolic OH excluding ortho intramolecular Hbond substituents is 2. The van der Waals surface area contributed by atoms with Crippen molar-refractivity contribution in [3.63, 3.8) is 0 Å². The van der Waals surface area contributed by atoms with E-state index in [1.807, 2.05) is 0 Å². The highest BCUT2D eigenvalue weighted by Gasteiger charge is 2.16. The molecule has 1 aromatic rings. The molecule has 0 fully saturated rings. The van der Waals surface area contributed by atoms with E-state index in [-0.39, 0.29) is 11.3 Å². The predicted octanol–water partition coefficient (Wildman–Crippen LogP) is -0.727. The zero-order valence-electron chi connectivity index (χ0n) is 8.62. The molecule has 1 atom stereocenters. The Balaban J connectivity index is 2.67. The lowest BCUT2D eigenvalue weighted by Gasteiger charge is -2.08. The van der Waals surface area contributed by atoms with Crippen molar-refractivity contribution in [3.8, 4) is 11.5 Å². The Hall–Kier alpha value is -2.28. The number of rotatable bonds is 4. The number of aliphatic hydroxyl groups excluding tert-OH is 1. The van der Waals surface area contributed by atoms with Crippen LogP contribution >= 0.6 is 0 Å². The number of carbonyl (C=O) groups is 2. The summed E-state index contributed by atoms with van der Waals surface area (Å²) >= 11 is 0. The van der Waals surface area contributed by atoms with Gasteiger partial charge in [0.1, 0.15) is 11.5 Å². The van der Waals surface area contributed by atoms with Crippen molar-refractivity contribution in [2.45, 2.75) is 6.10 Å². The van der Waals surface area contributed by atoms with Crippen LogP contribution in [0.15, 0.2) is 18.2 Å². The van der Waals surface area contributed by atoms with Crippen LogP contribution in [0, 0.1) is 0 Å². The normalized spacial score (nSPS) is 11.8. The third-order valence-electron chi connectivity index (χ3n) is 1.97. The summed E-state index contributed by atoms with van der Waals surface area (Å²) in [4.78, 5) is 21.7. The lowest BCUT2D eigenvalue weighted by atomic mass is 10.1. The Morgan fingerprint density at radius 3 is 2.47 bits per heavy atom. The molecule has 0 spiro atoms. The van der Waals surface area contributed by atoms with Crippen LogP contribution in [0.4, 0.5) is 0 Å². The Kier molecular flexibility index (Phi) is 3.89. The average molecular weight is 241 g/mol. The second-order valence-electron chi connectivity index (χ2n) is 3.27. The summed E-state index contributed by atoms with van der Waals surface area (Å²) in [7, 11) is 0. The smallest absolute Gasteiger partial charge is 0.334 e. The molecule has 0 saturated heterocycles. The van der Waals surface area contributed by atoms with Gasteiger partial charge in [0.2, 0.25) is 0 Å². The van der Waals surface area contributed by atoms with E-state index in [0.29, 0.717) is 0 Å². The summed E-state index contributed by atoms with van der Waals surface area (Å²) in [5.41, 5.74) is -0.125. The monoisotopic (exact) mass is 241 g/mol. The standard InChI is InChI=1S/C10H11NO6/c12-5-1-2-6(7(13)3-5)9(15)11-4-8(14)10(16)17/h1-3,8,12-14H,4H2,(H,11,15)(H,16,17)/t8-/m0/s1. The van der Waals surface area contributed by atoms with Crippen LogP contribution < -0.4 is 5.32 Å². The summed E-state index contributed by atoms with van der Waals surface area (Å²) in [5.74, 6) is -2.85. The van der Waals surface area contributed by atoms with Gasteiger partial charge in [-0.15, -0.1) is 0 Å². The summed E-state index contributed by atoms with van der Waals surface area (Å²) in [6.07, 6.45) is -1.71. The Morgan fingerprint density at radius 1 is 1.29 bits per heavy atom. The van der Waals surface area contributed by atoms with Gasteiger partial charge < -0.3 is 25.7 Å². The van der Waals surface area contributed by atoms with Crippen LogP contribution in [-0.4, -0.2) is 45.0 Å². The van der Waals surface area contributed by atoms with E-state index in [4.69, 9.17) is 15.3 Å². The van der Waals surface area contributed by atoms with E-state index in [2.05, 4.69) is 5.32 Å². The van der Waals surface area contributed by atoms with Crippen molar-refractivity contribution in [1.29, 1.82) is 0 Å². The average Bonchev–Trinajstić information content (AvgIpc) is 2.25. The van der Waals surface area contributed by atoms with Crippen molar-refractivity contribution in [2.24, 2.45) is 0 Å². The van der Waals surface area contributed by atoms with Crippen molar-refractivity contribution in [3.05, 3.63) is 23.8 Å². The lowest BCUT2D eigenvalue weighted by Crippen LogP contribution is -2.36. The maximum absolute atomic E-state index is 11.4. The quantitative estimate of drug-likeness (QED) is 0.473. The Morgan fingerprint density at radius 2 is 1.94 bits per heavy atom. The first-order chi connectivity index (χ1) is 7.91. The number of aliphatic carboxylic acids is 1. The summed E-state index contributed by atoms with van der Waals surface area (Å²) < 4.78 is 0. The number of carboxylic acids is 1. The van der Waals surface area contributed by atoms with Crippen LogP contribution in [0.2, 0.25) is 0 Å². The van der Waals surface area contributed by atoms with Gasteiger partial charge in [-0.1, -0.05) is 0 Å². The molecule has 7 heteroatoms. The van der Waals surface area contributed by atoms with Crippen molar-refractivity contribution < 1.29 is 30.0 Å². The van der Waals surface area contributed by atoms with Crippen LogP contribution in [0.25, 0.3) is 0 Å². The molecule has 0 bridgehead atoms. The van der Waals surface area contributed by atoms with Gasteiger partial charge in [-0.2, -0.15) is 0 Å².